The van der Waals surface area contributed by atoms with Gasteiger partial charge in [0, 0.05) is 5.02 Å². The molecule has 0 unspecified atom stereocenters. The quantitative estimate of drug-likeness (QED) is 0.759. The fourth-order valence-electron chi connectivity index (χ4n) is 1.28. The lowest BCUT2D eigenvalue weighted by Gasteiger charge is -2.30. The van der Waals surface area contributed by atoms with E-state index < -0.39 is 11.2 Å². The molecule has 0 saturated heterocycles. The smallest absolute Gasteiger partial charge is 0.350 e. The van der Waals surface area contributed by atoms with Crippen LogP contribution in [0.1, 0.15) is 41.0 Å². The Morgan fingerprint density at radius 3 is 2.16 bits per heavy atom. The molecular formula is C15H21ClO3. The molecule has 1 aromatic carbocycles. The van der Waals surface area contributed by atoms with Crippen molar-refractivity contribution in [1.82, 2.24) is 0 Å². The molecule has 0 atom stereocenters. The first-order chi connectivity index (χ1) is 8.66. The van der Waals surface area contributed by atoms with E-state index in [-0.39, 0.29) is 5.97 Å². The van der Waals surface area contributed by atoms with Gasteiger partial charge in [-0.25, -0.2) is 4.79 Å². The van der Waals surface area contributed by atoms with Gasteiger partial charge in [-0.3, -0.25) is 0 Å². The lowest BCUT2D eigenvalue weighted by atomic mass is 10.1. The summed E-state index contributed by atoms with van der Waals surface area (Å²) in [5.41, 5.74) is -1.53. The molecule has 0 amide bonds. The van der Waals surface area contributed by atoms with Gasteiger partial charge in [-0.2, -0.15) is 0 Å². The molecule has 0 bridgehead atoms. The van der Waals surface area contributed by atoms with Gasteiger partial charge in [0.15, 0.2) is 5.60 Å². The minimum absolute atomic E-state index is 0.380. The highest BCUT2D eigenvalue weighted by atomic mass is 35.5. The zero-order valence-electron chi connectivity index (χ0n) is 12.1. The van der Waals surface area contributed by atoms with Crippen molar-refractivity contribution in [3.63, 3.8) is 0 Å². The molecule has 0 radical (unpaired) electrons. The summed E-state index contributed by atoms with van der Waals surface area (Å²) in [5, 5.41) is 0.625. The van der Waals surface area contributed by atoms with Gasteiger partial charge in [0.05, 0.1) is 0 Å². The number of esters is 1. The standard InChI is InChI=1S/C15H21ClO3/c1-6-14(2,3)19-13(17)15(4,5)18-12-9-7-11(16)8-10-12/h7-10H,6H2,1-5H3. The van der Waals surface area contributed by atoms with Gasteiger partial charge >= 0.3 is 5.97 Å². The fraction of sp³-hybridized carbons (Fsp3) is 0.533. The van der Waals surface area contributed by atoms with Crippen molar-refractivity contribution in [2.75, 3.05) is 0 Å². The van der Waals surface area contributed by atoms with E-state index in [1.807, 2.05) is 20.8 Å². The van der Waals surface area contributed by atoms with Crippen molar-refractivity contribution in [1.29, 1.82) is 0 Å². The summed E-state index contributed by atoms with van der Waals surface area (Å²) in [5.74, 6) is 0.204. The molecule has 19 heavy (non-hydrogen) atoms. The van der Waals surface area contributed by atoms with Crippen molar-refractivity contribution in [2.24, 2.45) is 0 Å². The highest BCUT2D eigenvalue weighted by Crippen LogP contribution is 2.24. The maximum absolute atomic E-state index is 12.1. The van der Waals surface area contributed by atoms with Crippen LogP contribution in [0.25, 0.3) is 0 Å². The molecule has 4 heteroatoms. The van der Waals surface area contributed by atoms with E-state index in [1.165, 1.54) is 0 Å². The van der Waals surface area contributed by atoms with Crippen LogP contribution in [0.3, 0.4) is 0 Å². The molecule has 3 nitrogen and oxygen atoms in total. The van der Waals surface area contributed by atoms with Crippen molar-refractivity contribution in [3.05, 3.63) is 29.3 Å². The molecule has 0 aliphatic rings. The average molecular weight is 285 g/mol. The molecule has 0 saturated carbocycles. The zero-order chi connectivity index (χ0) is 14.7. The third kappa shape index (κ3) is 4.75. The first-order valence-electron chi connectivity index (χ1n) is 6.34. The van der Waals surface area contributed by atoms with Crippen molar-refractivity contribution >= 4 is 17.6 Å². The average Bonchev–Trinajstić information content (AvgIpc) is 2.31. The number of hydrogen-bond acceptors (Lipinski definition) is 3. The number of carbonyl (C=O) groups excluding carboxylic acids is 1. The molecule has 0 heterocycles. The lowest BCUT2D eigenvalue weighted by molar-refractivity contribution is -0.172. The molecular weight excluding hydrogens is 264 g/mol. The van der Waals surface area contributed by atoms with E-state index >= 15 is 0 Å². The van der Waals surface area contributed by atoms with E-state index in [1.54, 1.807) is 38.1 Å². The number of hydrogen-bond donors (Lipinski definition) is 0. The van der Waals surface area contributed by atoms with Crippen molar-refractivity contribution in [3.8, 4) is 5.75 Å². The molecule has 0 fully saturated rings. The normalized spacial score (nSPS) is 12.1. The zero-order valence-corrected chi connectivity index (χ0v) is 12.9. The number of rotatable bonds is 5. The van der Waals surface area contributed by atoms with Gasteiger partial charge in [-0.1, -0.05) is 18.5 Å². The Kier molecular flexibility index (Phi) is 4.86. The van der Waals surface area contributed by atoms with Gasteiger partial charge in [0.2, 0.25) is 0 Å². The van der Waals surface area contributed by atoms with E-state index in [2.05, 4.69) is 0 Å². The summed E-state index contributed by atoms with van der Waals surface area (Å²) in [7, 11) is 0. The molecule has 0 spiro atoms. The molecule has 1 aromatic rings. The molecule has 1 rings (SSSR count). The van der Waals surface area contributed by atoms with E-state index in [0.29, 0.717) is 10.8 Å². The van der Waals surface area contributed by atoms with Crippen molar-refractivity contribution < 1.29 is 14.3 Å². The SMILES string of the molecule is CCC(C)(C)OC(=O)C(C)(C)Oc1ccc(Cl)cc1. The summed E-state index contributed by atoms with van der Waals surface area (Å²) in [6.07, 6.45) is 0.746. The van der Waals surface area contributed by atoms with Gasteiger partial charge in [0.1, 0.15) is 11.4 Å². The fourth-order valence-corrected chi connectivity index (χ4v) is 1.41. The predicted octanol–water partition coefficient (Wildman–Crippen LogP) is 4.23. The maximum atomic E-state index is 12.1. The summed E-state index contributed by atoms with van der Waals surface area (Å²) < 4.78 is 11.1. The first-order valence-corrected chi connectivity index (χ1v) is 6.72. The van der Waals surface area contributed by atoms with Crippen LogP contribution in [-0.2, 0) is 9.53 Å². The topological polar surface area (TPSA) is 35.5 Å². The summed E-state index contributed by atoms with van der Waals surface area (Å²) >= 11 is 5.80. The van der Waals surface area contributed by atoms with Gasteiger partial charge in [-0.15, -0.1) is 0 Å². The van der Waals surface area contributed by atoms with Crippen molar-refractivity contribution in [2.45, 2.75) is 52.2 Å². The third-order valence-corrected chi connectivity index (χ3v) is 3.15. The second-order valence-corrected chi connectivity index (χ2v) is 6.01. The van der Waals surface area contributed by atoms with Crippen LogP contribution in [0.4, 0.5) is 0 Å². The first kappa shape index (κ1) is 15.8. The number of halogens is 1. The minimum Gasteiger partial charge on any atom is -0.476 e. The molecule has 0 aromatic heterocycles. The van der Waals surface area contributed by atoms with Crippen LogP contribution >= 0.6 is 11.6 Å². The number of benzene rings is 1. The van der Waals surface area contributed by atoms with Gasteiger partial charge in [-0.05, 0) is 58.4 Å². The van der Waals surface area contributed by atoms with E-state index in [0.717, 1.165) is 6.42 Å². The Balaban J connectivity index is 2.75. The predicted molar refractivity (Wildman–Crippen MR) is 76.6 cm³/mol. The Bertz CT molecular complexity index is 435. The molecule has 106 valence electrons. The lowest BCUT2D eigenvalue weighted by Crippen LogP contribution is -2.43. The number of ether oxygens (including phenoxy) is 2. The Hall–Kier alpha value is -1.22. The Labute approximate surface area is 119 Å². The van der Waals surface area contributed by atoms with Gasteiger partial charge in [0.25, 0.3) is 0 Å². The van der Waals surface area contributed by atoms with Gasteiger partial charge < -0.3 is 9.47 Å². The second kappa shape index (κ2) is 5.83. The second-order valence-electron chi connectivity index (χ2n) is 5.57. The minimum atomic E-state index is -1.04. The molecule has 0 N–H and O–H groups in total. The molecule has 0 aliphatic heterocycles. The molecule has 0 aliphatic carbocycles. The monoisotopic (exact) mass is 284 g/mol. The van der Waals surface area contributed by atoms with Crippen LogP contribution in [0.2, 0.25) is 5.02 Å². The highest BCUT2D eigenvalue weighted by molar-refractivity contribution is 6.30. The van der Waals surface area contributed by atoms with Crippen LogP contribution in [0, 0.1) is 0 Å². The Morgan fingerprint density at radius 2 is 1.68 bits per heavy atom. The van der Waals surface area contributed by atoms with Crippen LogP contribution in [0.5, 0.6) is 5.75 Å². The third-order valence-electron chi connectivity index (χ3n) is 2.90. The summed E-state index contributed by atoms with van der Waals surface area (Å²) in [4.78, 5) is 12.1. The summed E-state index contributed by atoms with van der Waals surface area (Å²) in [6.45, 7) is 9.11. The maximum Gasteiger partial charge on any atom is 0.350 e. The van der Waals surface area contributed by atoms with E-state index in [4.69, 9.17) is 21.1 Å². The largest absolute Gasteiger partial charge is 0.476 e. The number of carbonyl (C=O) groups is 1. The highest BCUT2D eigenvalue weighted by Gasteiger charge is 2.35. The van der Waals surface area contributed by atoms with E-state index in [9.17, 15) is 4.79 Å². The van der Waals surface area contributed by atoms with Crippen LogP contribution < -0.4 is 4.74 Å². The van der Waals surface area contributed by atoms with Crippen LogP contribution in [0.15, 0.2) is 24.3 Å². The summed E-state index contributed by atoms with van der Waals surface area (Å²) in [6, 6.07) is 6.88. The Morgan fingerprint density at radius 1 is 1.16 bits per heavy atom. The van der Waals surface area contributed by atoms with Crippen LogP contribution in [-0.4, -0.2) is 17.2 Å².